The van der Waals surface area contributed by atoms with Crippen LogP contribution < -0.4 is 17.0 Å². The third-order valence-electron chi connectivity index (χ3n) is 8.93. The van der Waals surface area contributed by atoms with E-state index in [-0.39, 0.29) is 0 Å². The van der Waals surface area contributed by atoms with E-state index in [9.17, 15) is 9.59 Å². The van der Waals surface area contributed by atoms with E-state index in [2.05, 4.69) is 18.2 Å². The molecule has 5 aromatic carbocycles. The van der Waals surface area contributed by atoms with Gasteiger partial charge < -0.3 is 23.4 Å². The summed E-state index contributed by atoms with van der Waals surface area (Å²) in [6, 6.07) is 43.9. The van der Waals surface area contributed by atoms with Gasteiger partial charge in [0.05, 0.1) is 11.1 Å². The fourth-order valence-electron chi connectivity index (χ4n) is 6.43. The number of rotatable bonds is 6. The summed E-state index contributed by atoms with van der Waals surface area (Å²) >= 11 is 0. The first-order valence-electron chi connectivity index (χ1n) is 16.1. The maximum atomic E-state index is 13.2. The molecule has 0 saturated heterocycles. The summed E-state index contributed by atoms with van der Waals surface area (Å²) < 4.78 is 23.8. The minimum absolute atomic E-state index is 0.405. The Kier molecular flexibility index (Phi) is 6.84. The zero-order valence-corrected chi connectivity index (χ0v) is 26.5. The normalized spacial score (nSPS) is 11.5. The standard InChI is InChI=1S/C43H27NO6/c44-33-15-14-32-21-35(43(46)50-37(32)22-33)28-9-5-11-30(19-28)39-24-41-40(48-39)23-38(47-41)29-10-4-8-27(18-29)34-20-31-13-12-26(17-36(31)49-42(34)45)16-25-6-2-1-3-7-25/h1-15,17-24H,16,44H2. The van der Waals surface area contributed by atoms with Gasteiger partial charge in [0, 0.05) is 45.8 Å². The van der Waals surface area contributed by atoms with Crippen LogP contribution in [0, 0.1) is 0 Å². The molecule has 4 heterocycles. The zero-order valence-electron chi connectivity index (χ0n) is 26.5. The van der Waals surface area contributed by atoms with Gasteiger partial charge in [-0.05, 0) is 71.1 Å². The average molecular weight is 654 g/mol. The van der Waals surface area contributed by atoms with Gasteiger partial charge in [0.2, 0.25) is 0 Å². The predicted octanol–water partition coefficient (Wildman–Crippen LogP) is 10.1. The van der Waals surface area contributed by atoms with Crippen molar-refractivity contribution in [3.8, 4) is 44.9 Å². The summed E-state index contributed by atoms with van der Waals surface area (Å²) in [7, 11) is 0. The van der Waals surface area contributed by atoms with Crippen molar-refractivity contribution in [2.45, 2.75) is 6.42 Å². The molecule has 0 fully saturated rings. The highest BCUT2D eigenvalue weighted by Crippen LogP contribution is 2.36. The quantitative estimate of drug-likeness (QED) is 0.140. The van der Waals surface area contributed by atoms with Gasteiger partial charge >= 0.3 is 11.3 Å². The fourth-order valence-corrected chi connectivity index (χ4v) is 6.43. The number of nitrogens with two attached hydrogens (primary N) is 1. The van der Waals surface area contributed by atoms with Crippen LogP contribution >= 0.6 is 0 Å². The molecule has 7 heteroatoms. The van der Waals surface area contributed by atoms with E-state index in [0.29, 0.717) is 56.2 Å². The lowest BCUT2D eigenvalue weighted by Gasteiger charge is -2.07. The van der Waals surface area contributed by atoms with Gasteiger partial charge in [-0.2, -0.15) is 0 Å². The number of benzene rings is 5. The molecule has 9 aromatic rings. The zero-order chi connectivity index (χ0) is 33.8. The Labute approximate surface area is 284 Å². The van der Waals surface area contributed by atoms with Crippen LogP contribution in [0.3, 0.4) is 0 Å². The van der Waals surface area contributed by atoms with Crippen LogP contribution in [0.5, 0.6) is 0 Å². The first-order chi connectivity index (χ1) is 24.4. The third kappa shape index (κ3) is 5.37. The van der Waals surface area contributed by atoms with E-state index in [0.717, 1.165) is 39.4 Å². The lowest BCUT2D eigenvalue weighted by Crippen LogP contribution is -2.03. The summed E-state index contributed by atoms with van der Waals surface area (Å²) in [6.07, 6.45) is 0.755. The summed E-state index contributed by atoms with van der Waals surface area (Å²) in [4.78, 5) is 26.0. The van der Waals surface area contributed by atoms with Gasteiger partial charge in [-0.1, -0.05) is 78.9 Å². The van der Waals surface area contributed by atoms with Crippen molar-refractivity contribution >= 4 is 38.8 Å². The minimum Gasteiger partial charge on any atom is -0.453 e. The second-order valence-electron chi connectivity index (χ2n) is 12.3. The van der Waals surface area contributed by atoms with Crippen LogP contribution in [0.15, 0.2) is 167 Å². The van der Waals surface area contributed by atoms with E-state index in [1.165, 1.54) is 5.56 Å². The molecule has 0 aliphatic heterocycles. The molecule has 9 rings (SSSR count). The molecule has 0 radical (unpaired) electrons. The molecule has 4 aromatic heterocycles. The van der Waals surface area contributed by atoms with Crippen LogP contribution in [0.1, 0.15) is 11.1 Å². The Hall–Kier alpha value is -6.86. The third-order valence-corrected chi connectivity index (χ3v) is 8.93. The van der Waals surface area contributed by atoms with Crippen LogP contribution in [0.25, 0.3) is 78.0 Å². The van der Waals surface area contributed by atoms with Crippen molar-refractivity contribution in [2.24, 2.45) is 0 Å². The number of furan rings is 2. The Morgan fingerprint density at radius 1 is 0.420 bits per heavy atom. The molecule has 2 N–H and O–H groups in total. The van der Waals surface area contributed by atoms with Crippen molar-refractivity contribution in [1.82, 2.24) is 0 Å². The Morgan fingerprint density at radius 3 is 1.56 bits per heavy atom. The van der Waals surface area contributed by atoms with Crippen LogP contribution in [-0.4, -0.2) is 0 Å². The largest absolute Gasteiger partial charge is 0.453 e. The van der Waals surface area contributed by atoms with Crippen LogP contribution in [0.2, 0.25) is 0 Å². The molecular formula is C43H27NO6. The highest BCUT2D eigenvalue weighted by Gasteiger charge is 2.17. The van der Waals surface area contributed by atoms with Crippen molar-refractivity contribution in [2.75, 3.05) is 5.73 Å². The van der Waals surface area contributed by atoms with E-state index in [1.807, 2.05) is 103 Å². The number of hydrogen-bond donors (Lipinski definition) is 1. The van der Waals surface area contributed by atoms with E-state index in [1.54, 1.807) is 18.2 Å². The van der Waals surface area contributed by atoms with Gasteiger partial charge in [0.25, 0.3) is 0 Å². The topological polar surface area (TPSA) is 113 Å². The SMILES string of the molecule is Nc1ccc2cc(-c3cccc(-c4cc5oc(-c6cccc(-c7cc8ccc(Cc9ccccc9)cc8oc7=O)c6)cc5o4)c3)c(=O)oc2c1. The molecule has 0 aliphatic rings. The molecule has 0 aliphatic carbocycles. The van der Waals surface area contributed by atoms with E-state index < -0.39 is 11.3 Å². The lowest BCUT2D eigenvalue weighted by molar-refractivity contribution is 0.563. The Balaban J connectivity index is 0.996. The molecule has 0 spiro atoms. The van der Waals surface area contributed by atoms with Crippen molar-refractivity contribution < 1.29 is 17.7 Å². The molecule has 240 valence electrons. The van der Waals surface area contributed by atoms with Crippen LogP contribution in [0.4, 0.5) is 5.69 Å². The molecule has 0 amide bonds. The minimum atomic E-state index is -0.449. The number of hydrogen-bond acceptors (Lipinski definition) is 7. The highest BCUT2D eigenvalue weighted by molar-refractivity contribution is 5.87. The summed E-state index contributed by atoms with van der Waals surface area (Å²) in [5, 5.41) is 1.63. The molecular weight excluding hydrogens is 626 g/mol. The van der Waals surface area contributed by atoms with E-state index >= 15 is 0 Å². The first-order valence-corrected chi connectivity index (χ1v) is 16.1. The predicted molar refractivity (Wildman–Crippen MR) is 196 cm³/mol. The van der Waals surface area contributed by atoms with Crippen molar-refractivity contribution in [1.29, 1.82) is 0 Å². The number of anilines is 1. The smallest absolute Gasteiger partial charge is 0.344 e. The number of fused-ring (bicyclic) bond motifs is 3. The molecule has 50 heavy (non-hydrogen) atoms. The molecule has 7 nitrogen and oxygen atoms in total. The van der Waals surface area contributed by atoms with Gasteiger partial charge in [0.1, 0.15) is 22.7 Å². The Bertz CT molecular complexity index is 2820. The molecule has 0 saturated carbocycles. The van der Waals surface area contributed by atoms with Gasteiger partial charge in [-0.15, -0.1) is 0 Å². The fraction of sp³-hybridized carbons (Fsp3) is 0.0233. The second-order valence-corrected chi connectivity index (χ2v) is 12.3. The monoisotopic (exact) mass is 653 g/mol. The second kappa shape index (κ2) is 11.7. The molecule has 0 bridgehead atoms. The number of nitrogen functional groups attached to an aromatic ring is 1. The van der Waals surface area contributed by atoms with Crippen molar-refractivity contribution in [3.63, 3.8) is 0 Å². The maximum absolute atomic E-state index is 13.2. The summed E-state index contributed by atoms with van der Waals surface area (Å²) in [5.41, 5.74) is 13.8. The average Bonchev–Trinajstić information content (AvgIpc) is 3.72. The highest BCUT2D eigenvalue weighted by atomic mass is 16.4. The van der Waals surface area contributed by atoms with E-state index in [4.69, 9.17) is 23.4 Å². The molecule has 0 atom stereocenters. The lowest BCUT2D eigenvalue weighted by atomic mass is 10.0. The summed E-state index contributed by atoms with van der Waals surface area (Å²) in [6.45, 7) is 0. The Morgan fingerprint density at radius 2 is 0.960 bits per heavy atom. The van der Waals surface area contributed by atoms with Gasteiger partial charge in [-0.25, -0.2) is 9.59 Å². The summed E-state index contributed by atoms with van der Waals surface area (Å²) in [5.74, 6) is 1.20. The van der Waals surface area contributed by atoms with Gasteiger partial charge in [-0.3, -0.25) is 0 Å². The maximum Gasteiger partial charge on any atom is 0.344 e. The first kappa shape index (κ1) is 29.3. The molecule has 0 unspecified atom stereocenters. The van der Waals surface area contributed by atoms with Gasteiger partial charge in [0.15, 0.2) is 11.2 Å². The van der Waals surface area contributed by atoms with Crippen LogP contribution in [-0.2, 0) is 6.42 Å². The van der Waals surface area contributed by atoms with Crippen molar-refractivity contribution in [3.05, 3.63) is 171 Å².